The molecule has 0 aliphatic carbocycles. The highest BCUT2D eigenvalue weighted by Crippen LogP contribution is 2.45. The second-order valence-corrected chi connectivity index (χ2v) is 11.9. The molecule has 2 aliphatic rings. The van der Waals surface area contributed by atoms with Crippen molar-refractivity contribution in [3.63, 3.8) is 0 Å². The molecule has 5 aromatic rings. The van der Waals surface area contributed by atoms with E-state index in [-0.39, 0.29) is 49.2 Å². The summed E-state index contributed by atoms with van der Waals surface area (Å²) < 4.78 is 40.4. The van der Waals surface area contributed by atoms with Crippen LogP contribution in [0.15, 0.2) is 48.8 Å². The van der Waals surface area contributed by atoms with Crippen LogP contribution >= 0.6 is 0 Å². The molecule has 0 radical (unpaired) electrons. The van der Waals surface area contributed by atoms with Gasteiger partial charge in [0.1, 0.15) is 53.0 Å². The molecular weight excluding hydrogens is 608 g/mol. The van der Waals surface area contributed by atoms with Crippen LogP contribution in [-0.2, 0) is 18.9 Å². The van der Waals surface area contributed by atoms with Crippen LogP contribution in [0, 0.1) is 6.92 Å². The number of ether oxygens (including phenoxy) is 5. The highest BCUT2D eigenvalue weighted by molar-refractivity contribution is 6.28. The monoisotopic (exact) mass is 640 g/mol. The van der Waals surface area contributed by atoms with Crippen LogP contribution in [0.2, 0.25) is 0 Å². The van der Waals surface area contributed by atoms with Gasteiger partial charge >= 0.3 is 11.3 Å². The van der Waals surface area contributed by atoms with Crippen LogP contribution in [0.5, 0.6) is 11.5 Å². The highest BCUT2D eigenvalue weighted by Gasteiger charge is 2.50. The molecule has 14 heteroatoms. The van der Waals surface area contributed by atoms with Crippen molar-refractivity contribution in [1.82, 2.24) is 0 Å². The summed E-state index contributed by atoms with van der Waals surface area (Å²) in [4.78, 5) is 26.4. The summed E-state index contributed by atoms with van der Waals surface area (Å²) >= 11 is 0. The second-order valence-electron chi connectivity index (χ2n) is 11.9. The molecule has 2 saturated heterocycles. The zero-order chi connectivity index (χ0) is 32.8. The summed E-state index contributed by atoms with van der Waals surface area (Å²) in [5, 5.41) is 55.0. The standard InChI is InChI=1S/C32H32O14/c1-10-8-14-17-16(9-10)43-30(39)20-19(17)26(45-29(14)38)18-13(23(20)35)6-5-7-15(18)44-32-28(24(36)21(33)11(2)42-32)46-31-25(37)27(40-4)22(34)12(3)41-31/h5-9,11-12,21-22,24-25,27-28,31-37H,1-4H3/t11-,12-,21+,22+,24+,25-,27+,28-,31-,32+/m1/s1. The lowest BCUT2D eigenvalue weighted by Gasteiger charge is -2.46. The number of phenolic OH excluding ortho intramolecular Hbond substituents is 1. The number of aliphatic hydroxyl groups is 4. The number of aliphatic hydroxyl groups excluding tert-OH is 4. The van der Waals surface area contributed by atoms with Gasteiger partial charge in [-0.25, -0.2) is 9.59 Å². The molecule has 0 amide bonds. The quantitative estimate of drug-likeness (QED) is 0.104. The third-order valence-corrected chi connectivity index (χ3v) is 8.91. The van der Waals surface area contributed by atoms with Gasteiger partial charge in [-0.3, -0.25) is 0 Å². The number of aromatic hydroxyl groups is 1. The molecule has 2 fully saturated rings. The normalized spacial score (nSPS) is 32.2. The number of fused-ring (bicyclic) bond motifs is 2. The molecule has 5 N–H and O–H groups in total. The van der Waals surface area contributed by atoms with E-state index in [9.17, 15) is 35.1 Å². The molecular formula is C32H32O14. The van der Waals surface area contributed by atoms with E-state index in [1.807, 2.05) is 0 Å². The second kappa shape index (κ2) is 11.1. The maximum Gasteiger partial charge on any atom is 0.348 e. The lowest BCUT2D eigenvalue weighted by molar-refractivity contribution is -0.353. The van der Waals surface area contributed by atoms with Gasteiger partial charge in [-0.1, -0.05) is 12.1 Å². The van der Waals surface area contributed by atoms with Gasteiger partial charge in [-0.15, -0.1) is 0 Å². The molecule has 7 rings (SSSR count). The van der Waals surface area contributed by atoms with Gasteiger partial charge in [0.15, 0.2) is 18.0 Å². The van der Waals surface area contributed by atoms with Crippen LogP contribution in [0.25, 0.3) is 43.5 Å². The average molecular weight is 641 g/mol. The summed E-state index contributed by atoms with van der Waals surface area (Å²) in [5.41, 5.74) is -0.817. The van der Waals surface area contributed by atoms with E-state index in [0.717, 1.165) is 0 Å². The summed E-state index contributed by atoms with van der Waals surface area (Å²) in [5.74, 6) is -0.426. The average Bonchev–Trinajstić information content (AvgIpc) is 3.01. The molecule has 2 aliphatic heterocycles. The molecule has 244 valence electrons. The predicted molar refractivity (Wildman–Crippen MR) is 160 cm³/mol. The maximum atomic E-state index is 13.3. The fourth-order valence-electron chi connectivity index (χ4n) is 6.55. The van der Waals surface area contributed by atoms with E-state index in [1.54, 1.807) is 26.0 Å². The highest BCUT2D eigenvalue weighted by atomic mass is 16.8. The molecule has 4 heterocycles. The van der Waals surface area contributed by atoms with Crippen molar-refractivity contribution < 1.29 is 58.1 Å². The fraction of sp³-hybridized carbons (Fsp3) is 0.438. The van der Waals surface area contributed by atoms with E-state index >= 15 is 0 Å². The third kappa shape index (κ3) is 4.56. The van der Waals surface area contributed by atoms with Gasteiger partial charge in [0.2, 0.25) is 6.29 Å². The van der Waals surface area contributed by atoms with E-state index in [0.29, 0.717) is 5.56 Å². The largest absolute Gasteiger partial charge is 0.506 e. The van der Waals surface area contributed by atoms with Crippen molar-refractivity contribution in [1.29, 1.82) is 0 Å². The lowest BCUT2D eigenvalue weighted by Crippen LogP contribution is -2.64. The van der Waals surface area contributed by atoms with Crippen molar-refractivity contribution in [2.45, 2.75) is 82.2 Å². The van der Waals surface area contributed by atoms with Crippen molar-refractivity contribution in [3.05, 3.63) is 56.7 Å². The van der Waals surface area contributed by atoms with Gasteiger partial charge in [0.25, 0.3) is 0 Å². The third-order valence-electron chi connectivity index (χ3n) is 8.91. The Balaban J connectivity index is 1.38. The molecule has 14 nitrogen and oxygen atoms in total. The fourth-order valence-corrected chi connectivity index (χ4v) is 6.55. The van der Waals surface area contributed by atoms with E-state index < -0.39 is 78.4 Å². The minimum Gasteiger partial charge on any atom is -0.506 e. The number of methoxy groups -OCH3 is 1. The molecule has 46 heavy (non-hydrogen) atoms. The zero-order valence-electron chi connectivity index (χ0n) is 25.1. The Hall–Kier alpha value is -3.86. The van der Waals surface area contributed by atoms with Gasteiger partial charge in [-0.05, 0) is 44.5 Å². The predicted octanol–water partition coefficient (Wildman–Crippen LogP) is 1.37. The minimum absolute atomic E-state index is 0.00696. The van der Waals surface area contributed by atoms with Crippen molar-refractivity contribution in [2.75, 3.05) is 7.11 Å². The summed E-state index contributed by atoms with van der Waals surface area (Å²) in [6.07, 6.45) is -13.0. The first-order chi connectivity index (χ1) is 21.9. The first kappa shape index (κ1) is 30.8. The van der Waals surface area contributed by atoms with Crippen LogP contribution in [-0.4, -0.2) is 94.1 Å². The Bertz CT molecular complexity index is 2070. The van der Waals surface area contributed by atoms with Gasteiger partial charge in [0.05, 0.1) is 23.0 Å². The first-order valence-electron chi connectivity index (χ1n) is 14.7. The van der Waals surface area contributed by atoms with Crippen molar-refractivity contribution in [3.8, 4) is 11.5 Å². The number of benzene rings is 3. The molecule has 3 aromatic carbocycles. The lowest BCUT2D eigenvalue weighted by atomic mass is 9.96. The molecule has 0 bridgehead atoms. The molecule has 0 unspecified atom stereocenters. The number of hydrogen-bond donors (Lipinski definition) is 5. The molecule has 0 spiro atoms. The van der Waals surface area contributed by atoms with E-state index in [4.69, 9.17) is 32.5 Å². The summed E-state index contributed by atoms with van der Waals surface area (Å²) in [6, 6.07) is 7.72. The summed E-state index contributed by atoms with van der Waals surface area (Å²) in [7, 11) is 1.30. The number of aryl methyl sites for hydroxylation is 1. The SMILES string of the molecule is CO[C@H]1[C@@H](O)[C@@H](C)O[C@H](O[C@H]2[C@H](Oc3cccc4c(O)c5c(=O)oc6cc(C)cc7c(=O)oc(c34)c5c67)O[C@H](C)[C@H](O)[C@@H]2O)[C@@H]1O. The Morgan fingerprint density at radius 1 is 0.739 bits per heavy atom. The molecule has 2 aromatic heterocycles. The first-order valence-corrected chi connectivity index (χ1v) is 14.7. The Kier molecular flexibility index (Phi) is 7.45. The maximum absolute atomic E-state index is 13.3. The van der Waals surface area contributed by atoms with Gasteiger partial charge < -0.3 is 58.1 Å². The van der Waals surface area contributed by atoms with Crippen molar-refractivity contribution >= 4 is 43.5 Å². The Labute approximate surface area is 259 Å². The van der Waals surface area contributed by atoms with E-state index in [2.05, 4.69) is 0 Å². The Morgan fingerprint density at radius 3 is 2.20 bits per heavy atom. The van der Waals surface area contributed by atoms with Crippen LogP contribution in [0.4, 0.5) is 0 Å². The zero-order valence-corrected chi connectivity index (χ0v) is 25.1. The smallest absolute Gasteiger partial charge is 0.348 e. The van der Waals surface area contributed by atoms with Crippen LogP contribution < -0.4 is 16.0 Å². The number of phenols is 1. The van der Waals surface area contributed by atoms with Crippen LogP contribution in [0.1, 0.15) is 19.4 Å². The van der Waals surface area contributed by atoms with Crippen molar-refractivity contribution in [2.24, 2.45) is 0 Å². The van der Waals surface area contributed by atoms with Gasteiger partial charge in [-0.2, -0.15) is 0 Å². The summed E-state index contributed by atoms with van der Waals surface area (Å²) in [6.45, 7) is 4.79. The topological polar surface area (TPSA) is 208 Å². The van der Waals surface area contributed by atoms with Gasteiger partial charge in [0, 0.05) is 23.3 Å². The molecule has 10 atom stereocenters. The number of hydrogen-bond acceptors (Lipinski definition) is 14. The molecule has 0 saturated carbocycles. The number of rotatable bonds is 5. The minimum atomic E-state index is -1.60. The Morgan fingerprint density at radius 2 is 1.46 bits per heavy atom. The van der Waals surface area contributed by atoms with Crippen LogP contribution in [0.3, 0.4) is 0 Å². The van der Waals surface area contributed by atoms with E-state index in [1.165, 1.54) is 32.2 Å².